The number of carbonyl (C=O) groups is 2. The summed E-state index contributed by atoms with van der Waals surface area (Å²) < 4.78 is 30.9. The van der Waals surface area contributed by atoms with Crippen LogP contribution >= 0.6 is 0 Å². The highest BCUT2D eigenvalue weighted by Crippen LogP contribution is 2.19. The van der Waals surface area contributed by atoms with E-state index in [2.05, 4.69) is 5.32 Å². The second kappa shape index (κ2) is 8.71. The SMILES string of the molecule is COC(=O)N1CCCC1C(=O)NCc1ccc(S(=O)(=O)N(C)C(C)C)cc1. The van der Waals surface area contributed by atoms with Gasteiger partial charge in [0.15, 0.2) is 0 Å². The largest absolute Gasteiger partial charge is 0.453 e. The maximum absolute atomic E-state index is 12.5. The van der Waals surface area contributed by atoms with Crippen LogP contribution in [0.25, 0.3) is 0 Å². The molecule has 150 valence electrons. The van der Waals surface area contributed by atoms with E-state index in [9.17, 15) is 18.0 Å². The zero-order valence-electron chi connectivity index (χ0n) is 16.1. The molecule has 0 radical (unpaired) electrons. The monoisotopic (exact) mass is 397 g/mol. The molecule has 0 aliphatic carbocycles. The van der Waals surface area contributed by atoms with Crippen LogP contribution in [-0.4, -0.2) is 62.4 Å². The number of sulfonamides is 1. The number of ether oxygens (including phenoxy) is 1. The molecule has 0 spiro atoms. The number of amides is 2. The highest BCUT2D eigenvalue weighted by Gasteiger charge is 2.34. The Balaban J connectivity index is 1.99. The summed E-state index contributed by atoms with van der Waals surface area (Å²) in [7, 11) is -0.693. The summed E-state index contributed by atoms with van der Waals surface area (Å²) >= 11 is 0. The van der Waals surface area contributed by atoms with Crippen molar-refractivity contribution in [1.29, 1.82) is 0 Å². The first-order valence-electron chi connectivity index (χ1n) is 8.87. The number of hydrogen-bond donors (Lipinski definition) is 1. The van der Waals surface area contributed by atoms with E-state index in [1.807, 2.05) is 13.8 Å². The molecule has 1 heterocycles. The zero-order chi connectivity index (χ0) is 20.2. The molecule has 1 unspecified atom stereocenters. The molecule has 2 amide bonds. The van der Waals surface area contributed by atoms with Gasteiger partial charge in [0.25, 0.3) is 0 Å². The summed E-state index contributed by atoms with van der Waals surface area (Å²) in [5, 5.41) is 2.80. The van der Waals surface area contributed by atoms with Crippen molar-refractivity contribution in [1.82, 2.24) is 14.5 Å². The molecule has 1 aliphatic heterocycles. The lowest BCUT2D eigenvalue weighted by Crippen LogP contribution is -2.45. The fourth-order valence-electron chi connectivity index (χ4n) is 2.91. The van der Waals surface area contributed by atoms with Crippen molar-refractivity contribution in [2.24, 2.45) is 0 Å². The summed E-state index contributed by atoms with van der Waals surface area (Å²) in [6.45, 7) is 4.37. The average molecular weight is 397 g/mol. The number of nitrogens with zero attached hydrogens (tertiary/aromatic N) is 2. The van der Waals surface area contributed by atoms with Crippen LogP contribution in [0, 0.1) is 0 Å². The van der Waals surface area contributed by atoms with Crippen molar-refractivity contribution in [2.75, 3.05) is 20.7 Å². The molecule has 27 heavy (non-hydrogen) atoms. The van der Waals surface area contributed by atoms with E-state index >= 15 is 0 Å². The molecule has 0 bridgehead atoms. The molecule has 1 N–H and O–H groups in total. The summed E-state index contributed by atoms with van der Waals surface area (Å²) in [5.41, 5.74) is 0.775. The minimum atomic E-state index is -3.53. The predicted molar refractivity (Wildman–Crippen MR) is 101 cm³/mol. The molecule has 9 heteroatoms. The Kier molecular flexibility index (Phi) is 6.83. The van der Waals surface area contributed by atoms with Crippen molar-refractivity contribution in [3.05, 3.63) is 29.8 Å². The van der Waals surface area contributed by atoms with Crippen LogP contribution in [0.2, 0.25) is 0 Å². The third-order valence-corrected chi connectivity index (χ3v) is 6.81. The van der Waals surface area contributed by atoms with Gasteiger partial charge in [0.2, 0.25) is 15.9 Å². The second-order valence-corrected chi connectivity index (χ2v) is 8.80. The molecule has 8 nitrogen and oxygen atoms in total. The normalized spacial score (nSPS) is 17.4. The number of likely N-dealkylation sites (tertiary alicyclic amines) is 1. The van der Waals surface area contributed by atoms with Crippen molar-refractivity contribution in [3.63, 3.8) is 0 Å². The molecular weight excluding hydrogens is 370 g/mol. The number of carbonyl (C=O) groups excluding carboxylic acids is 2. The van der Waals surface area contributed by atoms with Gasteiger partial charge in [-0.15, -0.1) is 0 Å². The first-order valence-corrected chi connectivity index (χ1v) is 10.3. The maximum atomic E-state index is 12.5. The van der Waals surface area contributed by atoms with E-state index in [0.29, 0.717) is 13.0 Å². The van der Waals surface area contributed by atoms with Gasteiger partial charge in [-0.05, 0) is 44.4 Å². The van der Waals surface area contributed by atoms with Gasteiger partial charge in [0.1, 0.15) is 6.04 Å². The van der Waals surface area contributed by atoms with Crippen LogP contribution in [0.4, 0.5) is 4.79 Å². The molecule has 1 aromatic carbocycles. The predicted octanol–water partition coefficient (Wildman–Crippen LogP) is 1.56. The minimum absolute atomic E-state index is 0.141. The van der Waals surface area contributed by atoms with Gasteiger partial charge in [-0.3, -0.25) is 9.69 Å². The number of rotatable bonds is 6. The number of nitrogens with one attached hydrogen (secondary N) is 1. The number of hydrogen-bond acceptors (Lipinski definition) is 5. The molecule has 1 aromatic rings. The van der Waals surface area contributed by atoms with Crippen LogP contribution in [0.3, 0.4) is 0 Å². The van der Waals surface area contributed by atoms with E-state index in [1.165, 1.54) is 28.4 Å². The Hall–Kier alpha value is -2.13. The molecule has 1 saturated heterocycles. The summed E-state index contributed by atoms with van der Waals surface area (Å²) in [6, 6.07) is 5.75. The smallest absolute Gasteiger partial charge is 0.410 e. The Morgan fingerprint density at radius 1 is 1.30 bits per heavy atom. The fourth-order valence-corrected chi connectivity index (χ4v) is 4.27. The van der Waals surface area contributed by atoms with E-state index in [-0.39, 0.29) is 23.4 Å². The van der Waals surface area contributed by atoms with Crippen molar-refractivity contribution in [3.8, 4) is 0 Å². The van der Waals surface area contributed by atoms with Crippen molar-refractivity contribution >= 4 is 22.0 Å². The van der Waals surface area contributed by atoms with Gasteiger partial charge in [-0.1, -0.05) is 12.1 Å². The van der Waals surface area contributed by atoms with E-state index in [4.69, 9.17) is 4.74 Å². The third kappa shape index (κ3) is 4.78. The highest BCUT2D eigenvalue weighted by atomic mass is 32.2. The Bertz CT molecular complexity index is 777. The van der Waals surface area contributed by atoms with Crippen molar-refractivity contribution in [2.45, 2.75) is 50.2 Å². The lowest BCUT2D eigenvalue weighted by atomic mass is 10.2. The third-order valence-electron chi connectivity index (χ3n) is 4.76. The van der Waals surface area contributed by atoms with Crippen LogP contribution < -0.4 is 5.32 Å². The topological polar surface area (TPSA) is 96.0 Å². The zero-order valence-corrected chi connectivity index (χ0v) is 17.0. The van der Waals surface area contributed by atoms with Crippen molar-refractivity contribution < 1.29 is 22.7 Å². The van der Waals surface area contributed by atoms with E-state index in [1.54, 1.807) is 19.2 Å². The summed E-state index contributed by atoms with van der Waals surface area (Å²) in [5.74, 6) is -0.242. The second-order valence-electron chi connectivity index (χ2n) is 6.80. The molecule has 0 aromatic heterocycles. The Morgan fingerprint density at radius 3 is 2.48 bits per heavy atom. The standard InChI is InChI=1S/C18H27N3O5S/c1-13(2)20(3)27(24,25)15-9-7-14(8-10-15)12-19-17(22)16-6-5-11-21(16)18(23)26-4/h7-10,13,16H,5-6,11-12H2,1-4H3,(H,19,22). The fraction of sp³-hybridized carbons (Fsp3) is 0.556. The Labute approximate surface area is 160 Å². The van der Waals surface area contributed by atoms with E-state index < -0.39 is 22.2 Å². The molecule has 1 atom stereocenters. The minimum Gasteiger partial charge on any atom is -0.453 e. The first kappa shape index (κ1) is 21.2. The van der Waals surface area contributed by atoms with Gasteiger partial charge in [0.05, 0.1) is 12.0 Å². The quantitative estimate of drug-likeness (QED) is 0.786. The summed E-state index contributed by atoms with van der Waals surface area (Å²) in [4.78, 5) is 25.7. The van der Waals surface area contributed by atoms with E-state index in [0.717, 1.165) is 12.0 Å². The van der Waals surface area contributed by atoms with Gasteiger partial charge >= 0.3 is 6.09 Å². The lowest BCUT2D eigenvalue weighted by Gasteiger charge is -2.22. The van der Waals surface area contributed by atoms with Gasteiger partial charge in [0, 0.05) is 26.2 Å². The van der Waals surface area contributed by atoms with Gasteiger partial charge < -0.3 is 10.1 Å². The van der Waals surface area contributed by atoms with Gasteiger partial charge in [-0.25, -0.2) is 13.2 Å². The summed E-state index contributed by atoms with van der Waals surface area (Å²) in [6.07, 6.45) is 0.847. The van der Waals surface area contributed by atoms with Crippen LogP contribution in [0.5, 0.6) is 0 Å². The van der Waals surface area contributed by atoms with Crippen LogP contribution in [0.1, 0.15) is 32.3 Å². The number of methoxy groups -OCH3 is 1. The average Bonchev–Trinajstić information content (AvgIpc) is 3.15. The maximum Gasteiger partial charge on any atom is 0.410 e. The molecule has 0 saturated carbocycles. The van der Waals surface area contributed by atoms with Gasteiger partial charge in [-0.2, -0.15) is 4.31 Å². The Morgan fingerprint density at radius 2 is 1.93 bits per heavy atom. The molecular formula is C18H27N3O5S. The molecule has 1 fully saturated rings. The number of benzene rings is 1. The van der Waals surface area contributed by atoms with Crippen LogP contribution in [-0.2, 0) is 26.1 Å². The first-order chi connectivity index (χ1) is 12.7. The highest BCUT2D eigenvalue weighted by molar-refractivity contribution is 7.89. The van der Waals surface area contributed by atoms with Crippen LogP contribution in [0.15, 0.2) is 29.2 Å². The molecule has 1 aliphatic rings. The lowest BCUT2D eigenvalue weighted by molar-refractivity contribution is -0.125. The molecule has 2 rings (SSSR count).